The highest BCUT2D eigenvalue weighted by molar-refractivity contribution is 5.89. The molecule has 0 unspecified atom stereocenters. The first-order valence-electron chi connectivity index (χ1n) is 11.8. The fraction of sp³-hybridized carbons (Fsp3) is 0.739. The number of piperidine rings is 1. The Kier molecular flexibility index (Phi) is 7.25. The van der Waals surface area contributed by atoms with Gasteiger partial charge in [0, 0.05) is 58.3 Å². The molecule has 3 aliphatic rings. The van der Waals surface area contributed by atoms with Gasteiger partial charge in [0.25, 0.3) is 0 Å². The lowest BCUT2D eigenvalue weighted by molar-refractivity contribution is -0.136. The van der Waals surface area contributed by atoms with Crippen LogP contribution in [0.25, 0.3) is 0 Å². The van der Waals surface area contributed by atoms with Gasteiger partial charge in [-0.2, -0.15) is 0 Å². The molecule has 9 nitrogen and oxygen atoms in total. The second-order valence-electron chi connectivity index (χ2n) is 9.28. The summed E-state index contributed by atoms with van der Waals surface area (Å²) >= 11 is 0. The van der Waals surface area contributed by atoms with Crippen LogP contribution in [0.5, 0.6) is 0 Å². The first-order chi connectivity index (χ1) is 15.5. The van der Waals surface area contributed by atoms with Crippen molar-refractivity contribution in [3.8, 4) is 0 Å². The van der Waals surface area contributed by atoms with Crippen molar-refractivity contribution in [1.29, 1.82) is 0 Å². The summed E-state index contributed by atoms with van der Waals surface area (Å²) in [6, 6.07) is 0. The molecule has 4 rings (SSSR count). The summed E-state index contributed by atoms with van der Waals surface area (Å²) < 4.78 is 5.08. The molecule has 0 aliphatic carbocycles. The highest BCUT2D eigenvalue weighted by atomic mass is 16.5. The predicted molar refractivity (Wildman–Crippen MR) is 121 cm³/mol. The van der Waals surface area contributed by atoms with Crippen molar-refractivity contribution in [3.05, 3.63) is 17.1 Å². The summed E-state index contributed by atoms with van der Waals surface area (Å²) in [6.45, 7) is 5.04. The molecule has 9 heteroatoms. The lowest BCUT2D eigenvalue weighted by Crippen LogP contribution is -2.41. The molecule has 176 valence electrons. The molecule has 2 amide bonds. The van der Waals surface area contributed by atoms with Crippen LogP contribution in [0.15, 0.2) is 0 Å². The maximum atomic E-state index is 13.3. The molecule has 32 heavy (non-hydrogen) atoms. The number of anilines is 1. The molecule has 0 aromatic carbocycles. The third-order valence-corrected chi connectivity index (χ3v) is 7.05. The molecule has 1 aromatic heterocycles. The van der Waals surface area contributed by atoms with Crippen LogP contribution < -0.4 is 5.32 Å². The van der Waals surface area contributed by atoms with E-state index in [2.05, 4.69) is 17.3 Å². The Morgan fingerprint density at radius 3 is 2.72 bits per heavy atom. The van der Waals surface area contributed by atoms with Crippen LogP contribution in [0.2, 0.25) is 0 Å². The summed E-state index contributed by atoms with van der Waals surface area (Å²) in [7, 11) is 5.72. The highest BCUT2D eigenvalue weighted by Crippen LogP contribution is 2.31. The first-order valence-corrected chi connectivity index (χ1v) is 11.8. The molecule has 0 saturated carbocycles. The van der Waals surface area contributed by atoms with E-state index in [0.29, 0.717) is 45.1 Å². The fourth-order valence-electron chi connectivity index (χ4n) is 5.11. The zero-order valence-electron chi connectivity index (χ0n) is 19.6. The molecule has 0 radical (unpaired) electrons. The van der Waals surface area contributed by atoms with Gasteiger partial charge >= 0.3 is 0 Å². The smallest absolute Gasteiger partial charge is 0.228 e. The van der Waals surface area contributed by atoms with Gasteiger partial charge in [0.15, 0.2) is 0 Å². The molecule has 4 heterocycles. The number of carbonyl (C=O) groups excluding carboxylic acids is 2. The number of fused-ring (bicyclic) bond motifs is 1. The summed E-state index contributed by atoms with van der Waals surface area (Å²) in [5, 5.41) is 3.25. The topological polar surface area (TPSA) is 90.9 Å². The van der Waals surface area contributed by atoms with E-state index in [1.807, 2.05) is 11.9 Å². The van der Waals surface area contributed by atoms with Crippen molar-refractivity contribution >= 4 is 17.6 Å². The van der Waals surface area contributed by atoms with Gasteiger partial charge in [-0.15, -0.1) is 0 Å². The van der Waals surface area contributed by atoms with Gasteiger partial charge in [0.1, 0.15) is 11.6 Å². The maximum absolute atomic E-state index is 13.3. The van der Waals surface area contributed by atoms with E-state index in [9.17, 15) is 9.59 Å². The number of nitrogens with zero attached hydrogens (tertiary/aromatic N) is 5. The van der Waals surface area contributed by atoms with E-state index < -0.39 is 0 Å². The minimum Gasteiger partial charge on any atom is -0.385 e. The monoisotopic (exact) mass is 444 g/mol. The number of aromatic nitrogens is 2. The lowest BCUT2D eigenvalue weighted by atomic mass is 9.95. The Labute approximate surface area is 190 Å². The number of rotatable bonds is 7. The van der Waals surface area contributed by atoms with Crippen molar-refractivity contribution in [2.75, 3.05) is 65.9 Å². The van der Waals surface area contributed by atoms with Crippen molar-refractivity contribution in [2.24, 2.45) is 5.92 Å². The van der Waals surface area contributed by atoms with Crippen LogP contribution >= 0.6 is 0 Å². The molecule has 1 atom stereocenters. The van der Waals surface area contributed by atoms with Gasteiger partial charge in [-0.3, -0.25) is 9.59 Å². The Morgan fingerprint density at radius 2 is 2.00 bits per heavy atom. The van der Waals surface area contributed by atoms with Crippen LogP contribution in [0, 0.1) is 5.92 Å². The average Bonchev–Trinajstić information content (AvgIpc) is 3.18. The number of amides is 2. The van der Waals surface area contributed by atoms with Crippen LogP contribution in [-0.4, -0.2) is 97.0 Å². The fourth-order valence-corrected chi connectivity index (χ4v) is 5.11. The van der Waals surface area contributed by atoms with Crippen LogP contribution in [-0.2, 0) is 27.3 Å². The van der Waals surface area contributed by atoms with Crippen molar-refractivity contribution in [2.45, 2.75) is 44.6 Å². The normalized spacial score (nSPS) is 22.3. The summed E-state index contributed by atoms with van der Waals surface area (Å²) in [5.41, 5.74) is 2.08. The average molecular weight is 445 g/mol. The van der Waals surface area contributed by atoms with Gasteiger partial charge in [-0.1, -0.05) is 0 Å². The van der Waals surface area contributed by atoms with E-state index in [1.165, 1.54) is 0 Å². The Hall–Kier alpha value is -2.26. The Balaban J connectivity index is 1.45. The Bertz CT molecular complexity index is 839. The van der Waals surface area contributed by atoms with E-state index in [0.717, 1.165) is 61.7 Å². The van der Waals surface area contributed by atoms with Gasteiger partial charge in [0.05, 0.1) is 18.2 Å². The van der Waals surface area contributed by atoms with Crippen molar-refractivity contribution < 1.29 is 14.3 Å². The summed E-state index contributed by atoms with van der Waals surface area (Å²) in [4.78, 5) is 41.5. The van der Waals surface area contributed by atoms with Crippen LogP contribution in [0.4, 0.5) is 5.82 Å². The minimum absolute atomic E-state index is 0.0706. The predicted octanol–water partition coefficient (Wildman–Crippen LogP) is 1.10. The largest absolute Gasteiger partial charge is 0.385 e. The van der Waals surface area contributed by atoms with Crippen LogP contribution in [0.3, 0.4) is 0 Å². The number of hydrogen-bond donors (Lipinski definition) is 1. The van der Waals surface area contributed by atoms with Gasteiger partial charge in [-0.25, -0.2) is 9.97 Å². The van der Waals surface area contributed by atoms with Crippen molar-refractivity contribution in [3.63, 3.8) is 0 Å². The lowest BCUT2D eigenvalue weighted by Gasteiger charge is -2.32. The second kappa shape index (κ2) is 10.1. The molecule has 0 bridgehead atoms. The van der Waals surface area contributed by atoms with E-state index >= 15 is 0 Å². The van der Waals surface area contributed by atoms with E-state index in [4.69, 9.17) is 14.7 Å². The third-order valence-electron chi connectivity index (χ3n) is 7.05. The number of methoxy groups -OCH3 is 1. The quantitative estimate of drug-likeness (QED) is 0.630. The maximum Gasteiger partial charge on any atom is 0.228 e. The zero-order chi connectivity index (χ0) is 22.7. The standard InChI is InChI=1S/C23H36N6O3/c1-24-22-18-7-11-29(23(31)17-13-20(30)28(14-17)8-4-12-32-3)15-19(18)25-21(26-22)16-5-9-27(2)10-6-16/h16-17H,4-15H2,1-3H3,(H,24,25,26)/t17-/m0/s1. The van der Waals surface area contributed by atoms with Crippen molar-refractivity contribution in [1.82, 2.24) is 24.7 Å². The molecule has 1 N–H and O–H groups in total. The molecule has 2 saturated heterocycles. The highest BCUT2D eigenvalue weighted by Gasteiger charge is 2.37. The molecule has 2 fully saturated rings. The second-order valence-corrected chi connectivity index (χ2v) is 9.28. The van der Waals surface area contributed by atoms with E-state index in [1.54, 1.807) is 12.0 Å². The van der Waals surface area contributed by atoms with Crippen LogP contribution in [0.1, 0.15) is 48.7 Å². The first kappa shape index (κ1) is 22.9. The number of ether oxygens (including phenoxy) is 1. The zero-order valence-corrected chi connectivity index (χ0v) is 19.6. The number of hydrogen-bond acceptors (Lipinski definition) is 7. The number of likely N-dealkylation sites (tertiary alicyclic amines) is 2. The summed E-state index contributed by atoms with van der Waals surface area (Å²) in [6.07, 6.45) is 3.96. The SMILES string of the molecule is CNc1nc(C2CCN(C)CC2)nc2c1CCN(C(=O)[C@H]1CC(=O)N(CCCOC)C1)C2. The molecule has 3 aliphatic heterocycles. The molecular weight excluding hydrogens is 408 g/mol. The number of nitrogens with one attached hydrogen (secondary N) is 1. The number of carbonyl (C=O) groups is 2. The van der Waals surface area contributed by atoms with E-state index in [-0.39, 0.29) is 17.7 Å². The Morgan fingerprint density at radius 1 is 1.22 bits per heavy atom. The van der Waals surface area contributed by atoms with Gasteiger partial charge in [0.2, 0.25) is 11.8 Å². The van der Waals surface area contributed by atoms with Gasteiger partial charge < -0.3 is 24.8 Å². The summed E-state index contributed by atoms with van der Waals surface area (Å²) in [5.74, 6) is 2.05. The molecular formula is C23H36N6O3. The minimum atomic E-state index is -0.259. The third kappa shape index (κ3) is 4.88. The molecule has 0 spiro atoms. The molecule has 1 aromatic rings. The van der Waals surface area contributed by atoms with Gasteiger partial charge in [-0.05, 0) is 45.8 Å².